The maximum absolute atomic E-state index is 10.7. The van der Waals surface area contributed by atoms with Gasteiger partial charge in [0.05, 0.1) is 0 Å². The minimum Gasteiger partial charge on any atom is -0.480 e. The quantitative estimate of drug-likeness (QED) is 0.761. The average Bonchev–Trinajstić information content (AvgIpc) is 2.66. The third-order valence-electron chi connectivity index (χ3n) is 2.45. The lowest BCUT2D eigenvalue weighted by Crippen LogP contribution is -2.36. The van der Waals surface area contributed by atoms with Gasteiger partial charge in [-0.1, -0.05) is 28.1 Å². The van der Waals surface area contributed by atoms with Gasteiger partial charge in [-0.05, 0) is 24.1 Å². The molecule has 15 heavy (non-hydrogen) atoms. The van der Waals surface area contributed by atoms with Gasteiger partial charge in [-0.3, -0.25) is 4.79 Å². The molecule has 0 aliphatic carbocycles. The number of halogens is 1. The third kappa shape index (κ3) is 2.37. The van der Waals surface area contributed by atoms with Crippen LogP contribution in [0.3, 0.4) is 0 Å². The number of carbonyl (C=O) groups is 1. The second-order valence-electron chi connectivity index (χ2n) is 3.52. The number of carboxylic acid groups (broad SMARTS) is 1. The molecule has 1 aliphatic heterocycles. The largest absolute Gasteiger partial charge is 0.480 e. The highest BCUT2D eigenvalue weighted by atomic mass is 79.9. The van der Waals surface area contributed by atoms with Crippen LogP contribution in [0.2, 0.25) is 0 Å². The molecule has 1 aromatic rings. The molecular formula is C10H11BrN2O2. The monoisotopic (exact) mass is 270 g/mol. The van der Waals surface area contributed by atoms with Crippen molar-refractivity contribution in [1.82, 2.24) is 10.9 Å². The summed E-state index contributed by atoms with van der Waals surface area (Å²) in [4.78, 5) is 10.7. The predicted molar refractivity (Wildman–Crippen MR) is 59.2 cm³/mol. The summed E-state index contributed by atoms with van der Waals surface area (Å²) in [6, 6.07) is 7.41. The summed E-state index contributed by atoms with van der Waals surface area (Å²) in [5.41, 5.74) is 6.82. The molecule has 0 amide bonds. The summed E-state index contributed by atoms with van der Waals surface area (Å²) < 4.78 is 1.00. The summed E-state index contributed by atoms with van der Waals surface area (Å²) in [6.45, 7) is 0. The number of hydrogen-bond acceptors (Lipinski definition) is 3. The van der Waals surface area contributed by atoms with Crippen LogP contribution in [0.15, 0.2) is 28.7 Å². The van der Waals surface area contributed by atoms with Crippen molar-refractivity contribution >= 4 is 21.9 Å². The lowest BCUT2D eigenvalue weighted by atomic mass is 10.0. The number of hydrazine groups is 1. The van der Waals surface area contributed by atoms with E-state index in [1.54, 1.807) is 0 Å². The molecule has 1 aliphatic rings. The van der Waals surface area contributed by atoms with Crippen LogP contribution in [-0.4, -0.2) is 17.1 Å². The molecule has 80 valence electrons. The Morgan fingerprint density at radius 1 is 1.47 bits per heavy atom. The topological polar surface area (TPSA) is 61.4 Å². The Balaban J connectivity index is 2.11. The molecule has 2 atom stereocenters. The van der Waals surface area contributed by atoms with Gasteiger partial charge < -0.3 is 5.11 Å². The van der Waals surface area contributed by atoms with Crippen LogP contribution in [0.5, 0.6) is 0 Å². The Labute approximate surface area is 95.8 Å². The second-order valence-corrected chi connectivity index (χ2v) is 4.44. The van der Waals surface area contributed by atoms with Crippen molar-refractivity contribution in [3.63, 3.8) is 0 Å². The fraction of sp³-hybridized carbons (Fsp3) is 0.300. The number of carboxylic acids is 1. The Bertz CT molecular complexity index is 383. The first-order chi connectivity index (χ1) is 7.16. The van der Waals surface area contributed by atoms with Gasteiger partial charge in [0.25, 0.3) is 0 Å². The van der Waals surface area contributed by atoms with E-state index in [0.29, 0.717) is 6.42 Å². The smallest absolute Gasteiger partial charge is 0.322 e. The molecular weight excluding hydrogens is 260 g/mol. The molecule has 2 rings (SSSR count). The van der Waals surface area contributed by atoms with E-state index >= 15 is 0 Å². The van der Waals surface area contributed by atoms with Gasteiger partial charge in [0.1, 0.15) is 6.04 Å². The molecule has 1 aromatic carbocycles. The number of hydrogen-bond donors (Lipinski definition) is 3. The van der Waals surface area contributed by atoms with Crippen molar-refractivity contribution in [2.45, 2.75) is 18.5 Å². The number of aliphatic carboxylic acids is 1. The zero-order chi connectivity index (χ0) is 10.8. The molecule has 0 spiro atoms. The van der Waals surface area contributed by atoms with Crippen molar-refractivity contribution < 1.29 is 9.90 Å². The Hall–Kier alpha value is -0.910. The summed E-state index contributed by atoms with van der Waals surface area (Å²) >= 11 is 3.39. The van der Waals surface area contributed by atoms with Gasteiger partial charge >= 0.3 is 5.97 Å². The fourth-order valence-corrected chi connectivity index (χ4v) is 2.08. The molecule has 0 aromatic heterocycles. The highest BCUT2D eigenvalue weighted by Gasteiger charge is 2.29. The van der Waals surface area contributed by atoms with Crippen LogP contribution in [0, 0.1) is 0 Å². The van der Waals surface area contributed by atoms with Crippen LogP contribution >= 0.6 is 15.9 Å². The summed E-state index contributed by atoms with van der Waals surface area (Å²) in [6.07, 6.45) is 0.561. The van der Waals surface area contributed by atoms with Gasteiger partial charge in [0.15, 0.2) is 0 Å². The SMILES string of the molecule is O=C(O)C1CC(c2cccc(Br)c2)NN1. The second kappa shape index (κ2) is 4.30. The first-order valence-corrected chi connectivity index (χ1v) is 5.45. The van der Waals surface area contributed by atoms with Crippen molar-refractivity contribution in [2.24, 2.45) is 0 Å². The van der Waals surface area contributed by atoms with Gasteiger partial charge in [-0.2, -0.15) is 0 Å². The Kier molecular flexibility index (Phi) is 3.04. The number of benzene rings is 1. The summed E-state index contributed by atoms with van der Waals surface area (Å²) in [7, 11) is 0. The van der Waals surface area contributed by atoms with E-state index in [9.17, 15) is 4.79 Å². The lowest BCUT2D eigenvalue weighted by molar-refractivity contribution is -0.139. The number of rotatable bonds is 2. The van der Waals surface area contributed by atoms with Crippen molar-refractivity contribution in [1.29, 1.82) is 0 Å². The Morgan fingerprint density at radius 2 is 2.27 bits per heavy atom. The third-order valence-corrected chi connectivity index (χ3v) is 2.95. The maximum atomic E-state index is 10.7. The number of nitrogens with one attached hydrogen (secondary N) is 2. The highest BCUT2D eigenvalue weighted by molar-refractivity contribution is 9.10. The fourth-order valence-electron chi connectivity index (χ4n) is 1.66. The predicted octanol–water partition coefficient (Wildman–Crippen LogP) is 1.44. The van der Waals surface area contributed by atoms with Crippen LogP contribution in [0.25, 0.3) is 0 Å². The molecule has 1 heterocycles. The van der Waals surface area contributed by atoms with E-state index < -0.39 is 12.0 Å². The minimum atomic E-state index is -0.819. The van der Waals surface area contributed by atoms with E-state index in [2.05, 4.69) is 26.8 Å². The molecule has 0 saturated carbocycles. The first kappa shape index (κ1) is 10.6. The minimum absolute atomic E-state index is 0.0589. The molecule has 1 saturated heterocycles. The van der Waals surface area contributed by atoms with Gasteiger partial charge in [0, 0.05) is 10.5 Å². The van der Waals surface area contributed by atoms with Gasteiger partial charge in [-0.25, -0.2) is 10.9 Å². The van der Waals surface area contributed by atoms with Gasteiger partial charge in [-0.15, -0.1) is 0 Å². The van der Waals surface area contributed by atoms with Crippen LogP contribution in [0.4, 0.5) is 0 Å². The van der Waals surface area contributed by atoms with Crippen molar-refractivity contribution in [3.05, 3.63) is 34.3 Å². The molecule has 5 heteroatoms. The molecule has 1 fully saturated rings. The average molecular weight is 271 g/mol. The Morgan fingerprint density at radius 3 is 2.87 bits per heavy atom. The van der Waals surface area contributed by atoms with E-state index in [1.807, 2.05) is 24.3 Å². The lowest BCUT2D eigenvalue weighted by Gasteiger charge is -2.09. The molecule has 0 bridgehead atoms. The van der Waals surface area contributed by atoms with E-state index in [1.165, 1.54) is 0 Å². The molecule has 2 unspecified atom stereocenters. The van der Waals surface area contributed by atoms with E-state index in [0.717, 1.165) is 10.0 Å². The molecule has 0 radical (unpaired) electrons. The molecule has 4 nitrogen and oxygen atoms in total. The van der Waals surface area contributed by atoms with Crippen LogP contribution < -0.4 is 10.9 Å². The van der Waals surface area contributed by atoms with Gasteiger partial charge in [0.2, 0.25) is 0 Å². The highest BCUT2D eigenvalue weighted by Crippen LogP contribution is 2.24. The zero-order valence-electron chi connectivity index (χ0n) is 7.90. The van der Waals surface area contributed by atoms with Crippen LogP contribution in [-0.2, 0) is 4.79 Å². The summed E-state index contributed by atoms with van der Waals surface area (Å²) in [5, 5.41) is 8.82. The first-order valence-electron chi connectivity index (χ1n) is 4.66. The zero-order valence-corrected chi connectivity index (χ0v) is 9.49. The van der Waals surface area contributed by atoms with E-state index in [-0.39, 0.29) is 6.04 Å². The van der Waals surface area contributed by atoms with E-state index in [4.69, 9.17) is 5.11 Å². The maximum Gasteiger partial charge on any atom is 0.322 e. The standard InChI is InChI=1S/C10H11BrN2O2/c11-7-3-1-2-6(4-7)8-5-9(10(14)15)13-12-8/h1-4,8-9,12-13H,5H2,(H,14,15). The van der Waals surface area contributed by atoms with Crippen molar-refractivity contribution in [2.75, 3.05) is 0 Å². The molecule has 3 N–H and O–H groups in total. The van der Waals surface area contributed by atoms with Crippen molar-refractivity contribution in [3.8, 4) is 0 Å². The summed E-state index contributed by atoms with van der Waals surface area (Å²) in [5.74, 6) is -0.819. The van der Waals surface area contributed by atoms with Crippen LogP contribution in [0.1, 0.15) is 18.0 Å². The normalized spacial score (nSPS) is 25.4.